The Bertz CT molecular complexity index is 406. The minimum absolute atomic E-state index is 0.0368. The maximum absolute atomic E-state index is 13.4. The first-order valence-corrected chi connectivity index (χ1v) is 4.78. The maximum Gasteiger partial charge on any atom is 0.312 e. The minimum atomic E-state index is -1.03. The number of carbonyl (C=O) groups is 1. The van der Waals surface area contributed by atoms with Gasteiger partial charge in [0.25, 0.3) is 0 Å². The van der Waals surface area contributed by atoms with Gasteiger partial charge in [-0.05, 0) is 24.1 Å². The van der Waals surface area contributed by atoms with Gasteiger partial charge in [0, 0.05) is 6.54 Å². The van der Waals surface area contributed by atoms with Crippen LogP contribution in [0.1, 0.15) is 17.0 Å². The number of aliphatic carboxylic acids is 1. The highest BCUT2D eigenvalue weighted by molar-refractivity contribution is 5.76. The molecule has 0 radical (unpaired) electrons. The summed E-state index contributed by atoms with van der Waals surface area (Å²) in [6.45, 7) is 1.51. The molecule has 0 spiro atoms. The summed E-state index contributed by atoms with van der Waals surface area (Å²) in [6.07, 6.45) is 0. The molecule has 0 bridgehead atoms. The Morgan fingerprint density at radius 3 is 2.69 bits per heavy atom. The number of aryl methyl sites for hydroxylation is 1. The summed E-state index contributed by atoms with van der Waals surface area (Å²) >= 11 is 0. The second kappa shape index (κ2) is 4.94. The van der Waals surface area contributed by atoms with Gasteiger partial charge in [0.2, 0.25) is 0 Å². The largest absolute Gasteiger partial charge is 0.494 e. The summed E-state index contributed by atoms with van der Waals surface area (Å²) < 4.78 is 18.3. The number of benzene rings is 1. The second-order valence-electron chi connectivity index (χ2n) is 3.48. The molecule has 0 aromatic heterocycles. The first-order valence-electron chi connectivity index (χ1n) is 4.78. The number of carboxylic acids is 1. The highest BCUT2D eigenvalue weighted by Crippen LogP contribution is 2.26. The Morgan fingerprint density at radius 1 is 1.62 bits per heavy atom. The molecule has 0 fully saturated rings. The van der Waals surface area contributed by atoms with E-state index in [0.717, 1.165) is 0 Å². The van der Waals surface area contributed by atoms with E-state index < -0.39 is 17.7 Å². The average molecular weight is 227 g/mol. The van der Waals surface area contributed by atoms with E-state index in [2.05, 4.69) is 0 Å². The van der Waals surface area contributed by atoms with Crippen LogP contribution < -0.4 is 10.5 Å². The van der Waals surface area contributed by atoms with Gasteiger partial charge in [-0.3, -0.25) is 4.79 Å². The lowest BCUT2D eigenvalue weighted by atomic mass is 9.97. The summed E-state index contributed by atoms with van der Waals surface area (Å²) in [7, 11) is 1.33. The molecular weight excluding hydrogens is 213 g/mol. The summed E-state index contributed by atoms with van der Waals surface area (Å²) in [6, 6.07) is 2.84. The fraction of sp³-hybridized carbons (Fsp3) is 0.364. The van der Waals surface area contributed by atoms with Crippen LogP contribution in [-0.4, -0.2) is 24.7 Å². The summed E-state index contributed by atoms with van der Waals surface area (Å²) in [5.74, 6) is -2.31. The SMILES string of the molecule is COc1cc(C(CN)C(=O)O)cc(C)c1F. The molecule has 1 aromatic carbocycles. The molecule has 0 saturated heterocycles. The van der Waals surface area contributed by atoms with Gasteiger partial charge in [-0.25, -0.2) is 4.39 Å². The Labute approximate surface area is 92.8 Å². The van der Waals surface area contributed by atoms with Gasteiger partial charge in [0.05, 0.1) is 13.0 Å². The molecule has 88 valence electrons. The van der Waals surface area contributed by atoms with Crippen molar-refractivity contribution in [3.8, 4) is 5.75 Å². The molecule has 5 heteroatoms. The average Bonchev–Trinajstić information content (AvgIpc) is 2.23. The maximum atomic E-state index is 13.4. The lowest BCUT2D eigenvalue weighted by molar-refractivity contribution is -0.138. The van der Waals surface area contributed by atoms with Crippen LogP contribution in [0.4, 0.5) is 4.39 Å². The Balaban J connectivity index is 3.24. The van der Waals surface area contributed by atoms with E-state index in [0.29, 0.717) is 11.1 Å². The van der Waals surface area contributed by atoms with Crippen molar-refractivity contribution in [1.82, 2.24) is 0 Å². The van der Waals surface area contributed by atoms with Gasteiger partial charge < -0.3 is 15.6 Å². The minimum Gasteiger partial charge on any atom is -0.494 e. The third kappa shape index (κ3) is 2.30. The number of hydrogen-bond acceptors (Lipinski definition) is 3. The van der Waals surface area contributed by atoms with Crippen LogP contribution in [0.3, 0.4) is 0 Å². The van der Waals surface area contributed by atoms with Crippen LogP contribution in [-0.2, 0) is 4.79 Å². The van der Waals surface area contributed by atoms with Gasteiger partial charge in [-0.2, -0.15) is 0 Å². The molecule has 4 nitrogen and oxygen atoms in total. The van der Waals surface area contributed by atoms with Crippen molar-refractivity contribution in [2.45, 2.75) is 12.8 Å². The molecule has 16 heavy (non-hydrogen) atoms. The molecular formula is C11H14FNO3. The first-order chi connectivity index (χ1) is 7.51. The van der Waals surface area contributed by atoms with E-state index in [9.17, 15) is 9.18 Å². The van der Waals surface area contributed by atoms with Crippen molar-refractivity contribution in [2.24, 2.45) is 5.73 Å². The second-order valence-corrected chi connectivity index (χ2v) is 3.48. The fourth-order valence-corrected chi connectivity index (χ4v) is 1.49. The van der Waals surface area contributed by atoms with Crippen LogP contribution in [0.15, 0.2) is 12.1 Å². The van der Waals surface area contributed by atoms with Crippen LogP contribution in [0, 0.1) is 12.7 Å². The van der Waals surface area contributed by atoms with Crippen LogP contribution in [0.25, 0.3) is 0 Å². The van der Waals surface area contributed by atoms with Gasteiger partial charge in [-0.15, -0.1) is 0 Å². The van der Waals surface area contributed by atoms with Crippen molar-refractivity contribution < 1.29 is 19.0 Å². The van der Waals surface area contributed by atoms with E-state index in [-0.39, 0.29) is 12.3 Å². The van der Waals surface area contributed by atoms with Gasteiger partial charge in [-0.1, -0.05) is 6.07 Å². The Kier molecular flexibility index (Phi) is 3.84. The molecule has 1 atom stereocenters. The summed E-state index contributed by atoms with van der Waals surface area (Å²) in [5, 5.41) is 8.94. The molecule has 0 aliphatic heterocycles. The van der Waals surface area contributed by atoms with Gasteiger partial charge in [0.15, 0.2) is 11.6 Å². The zero-order valence-electron chi connectivity index (χ0n) is 9.16. The number of ether oxygens (including phenoxy) is 1. The van der Waals surface area contributed by atoms with E-state index in [1.54, 1.807) is 6.92 Å². The zero-order valence-corrected chi connectivity index (χ0v) is 9.16. The highest BCUT2D eigenvalue weighted by atomic mass is 19.1. The molecule has 0 saturated carbocycles. The van der Waals surface area contributed by atoms with Crippen LogP contribution in [0.5, 0.6) is 5.75 Å². The number of nitrogens with two attached hydrogens (primary N) is 1. The van der Waals surface area contributed by atoms with E-state index in [1.165, 1.54) is 19.2 Å². The Morgan fingerprint density at radius 2 is 2.25 bits per heavy atom. The lowest BCUT2D eigenvalue weighted by Crippen LogP contribution is -2.21. The molecule has 0 amide bonds. The molecule has 1 unspecified atom stereocenters. The number of methoxy groups -OCH3 is 1. The normalized spacial score (nSPS) is 12.2. The fourth-order valence-electron chi connectivity index (χ4n) is 1.49. The van der Waals surface area contributed by atoms with Crippen molar-refractivity contribution in [3.05, 3.63) is 29.1 Å². The van der Waals surface area contributed by atoms with E-state index in [1.807, 2.05) is 0 Å². The molecule has 1 rings (SSSR count). The third-order valence-corrected chi connectivity index (χ3v) is 2.40. The van der Waals surface area contributed by atoms with E-state index >= 15 is 0 Å². The molecule has 1 aromatic rings. The van der Waals surface area contributed by atoms with Crippen molar-refractivity contribution in [2.75, 3.05) is 13.7 Å². The van der Waals surface area contributed by atoms with Crippen molar-refractivity contribution >= 4 is 5.97 Å². The summed E-state index contributed by atoms with van der Waals surface area (Å²) in [4.78, 5) is 10.9. The van der Waals surface area contributed by atoms with Gasteiger partial charge in [0.1, 0.15) is 0 Å². The number of carboxylic acid groups (broad SMARTS) is 1. The van der Waals surface area contributed by atoms with Crippen LogP contribution in [0.2, 0.25) is 0 Å². The number of hydrogen-bond donors (Lipinski definition) is 2. The predicted octanol–water partition coefficient (Wildman–Crippen LogP) is 1.27. The molecule has 0 aliphatic carbocycles. The first kappa shape index (κ1) is 12.4. The van der Waals surface area contributed by atoms with Crippen molar-refractivity contribution in [1.29, 1.82) is 0 Å². The zero-order chi connectivity index (χ0) is 12.3. The van der Waals surface area contributed by atoms with Gasteiger partial charge >= 0.3 is 5.97 Å². The standard InChI is InChI=1S/C11H14FNO3/c1-6-3-7(8(5-13)11(14)15)4-9(16-2)10(6)12/h3-4,8H,5,13H2,1-2H3,(H,14,15). The lowest BCUT2D eigenvalue weighted by Gasteiger charge is -2.13. The van der Waals surface area contributed by atoms with Crippen LogP contribution >= 0.6 is 0 Å². The quantitative estimate of drug-likeness (QED) is 0.812. The topological polar surface area (TPSA) is 72.5 Å². The highest BCUT2D eigenvalue weighted by Gasteiger charge is 2.20. The predicted molar refractivity (Wildman–Crippen MR) is 57.1 cm³/mol. The molecule has 3 N–H and O–H groups in total. The summed E-state index contributed by atoms with van der Waals surface area (Å²) in [5.41, 5.74) is 6.16. The number of rotatable bonds is 4. The molecule has 0 heterocycles. The van der Waals surface area contributed by atoms with E-state index in [4.69, 9.17) is 15.6 Å². The third-order valence-electron chi connectivity index (χ3n) is 2.40. The number of halogens is 1. The van der Waals surface area contributed by atoms with Crippen molar-refractivity contribution in [3.63, 3.8) is 0 Å². The molecule has 0 aliphatic rings. The monoisotopic (exact) mass is 227 g/mol. The smallest absolute Gasteiger partial charge is 0.312 e. The Hall–Kier alpha value is -1.62.